The molecule has 22 heavy (non-hydrogen) atoms. The van der Waals surface area contributed by atoms with Gasteiger partial charge in [0.25, 0.3) is 0 Å². The summed E-state index contributed by atoms with van der Waals surface area (Å²) in [5.41, 5.74) is -0.746. The van der Waals surface area contributed by atoms with E-state index in [-0.39, 0.29) is 12.4 Å². The maximum absolute atomic E-state index is 11.9. The summed E-state index contributed by atoms with van der Waals surface area (Å²) < 4.78 is 10.7. The highest BCUT2D eigenvalue weighted by Gasteiger charge is 2.43. The van der Waals surface area contributed by atoms with Crippen LogP contribution in [0.25, 0.3) is 0 Å². The average Bonchev–Trinajstić information content (AvgIpc) is 2.80. The van der Waals surface area contributed by atoms with E-state index in [1.807, 2.05) is 0 Å². The number of carbonyl (C=O) groups is 1. The van der Waals surface area contributed by atoms with Gasteiger partial charge in [0.1, 0.15) is 30.7 Å². The van der Waals surface area contributed by atoms with E-state index in [0.29, 0.717) is 0 Å². The molecule has 0 aliphatic carbocycles. The van der Waals surface area contributed by atoms with Crippen LogP contribution in [0.15, 0.2) is 17.1 Å². The average molecular weight is 315 g/mol. The third kappa shape index (κ3) is 3.25. The summed E-state index contributed by atoms with van der Waals surface area (Å²) >= 11 is 0. The number of esters is 1. The Morgan fingerprint density at radius 3 is 2.77 bits per heavy atom. The molecular formula is C12H17N3O7. The van der Waals surface area contributed by atoms with Crippen molar-refractivity contribution in [2.24, 2.45) is 0 Å². The first kappa shape index (κ1) is 16.4. The zero-order valence-corrected chi connectivity index (χ0v) is 11.7. The van der Waals surface area contributed by atoms with Crippen molar-refractivity contribution in [3.63, 3.8) is 0 Å². The summed E-state index contributed by atoms with van der Waals surface area (Å²) in [5, 5.41) is 31.2. The van der Waals surface area contributed by atoms with Crippen LogP contribution in [0.2, 0.25) is 0 Å². The molecule has 2 heterocycles. The van der Waals surface area contributed by atoms with Crippen molar-refractivity contribution in [3.8, 4) is 0 Å². The van der Waals surface area contributed by atoms with E-state index >= 15 is 0 Å². The molecule has 1 aliphatic rings. The van der Waals surface area contributed by atoms with E-state index in [2.05, 4.69) is 15.0 Å². The third-order valence-corrected chi connectivity index (χ3v) is 3.26. The van der Waals surface area contributed by atoms with Crippen LogP contribution in [0, 0.1) is 0 Å². The summed E-state index contributed by atoms with van der Waals surface area (Å²) in [5.74, 6) is -0.368. The molecule has 0 aromatic carbocycles. The predicted octanol–water partition coefficient (Wildman–Crippen LogP) is -2.56. The van der Waals surface area contributed by atoms with E-state index < -0.39 is 42.8 Å². The maximum atomic E-state index is 11.9. The van der Waals surface area contributed by atoms with Crippen molar-refractivity contribution in [1.82, 2.24) is 9.55 Å². The molecule has 2 rings (SSSR count). The molecule has 0 spiro atoms. The van der Waals surface area contributed by atoms with Gasteiger partial charge in [-0.1, -0.05) is 0 Å². The monoisotopic (exact) mass is 315 g/mol. The molecule has 0 saturated carbocycles. The number of ether oxygens (including phenoxy) is 2. The minimum absolute atomic E-state index is 0.151. The fourth-order valence-electron chi connectivity index (χ4n) is 2.05. The van der Waals surface area contributed by atoms with Gasteiger partial charge in [-0.25, -0.2) is 4.79 Å². The smallest absolute Gasteiger partial charge is 0.351 e. The largest absolute Gasteiger partial charge is 0.468 e. The second-order valence-corrected chi connectivity index (χ2v) is 4.66. The maximum Gasteiger partial charge on any atom is 0.351 e. The van der Waals surface area contributed by atoms with Crippen LogP contribution < -0.4 is 11.0 Å². The minimum atomic E-state index is -1.37. The number of rotatable bonds is 5. The highest BCUT2D eigenvalue weighted by atomic mass is 16.6. The fraction of sp³-hybridized carbons (Fsp3) is 0.583. The number of aromatic nitrogens is 2. The molecule has 10 nitrogen and oxygen atoms in total. The molecular weight excluding hydrogens is 298 g/mol. The topological polar surface area (TPSA) is 143 Å². The van der Waals surface area contributed by atoms with Crippen LogP contribution in [0.3, 0.4) is 0 Å². The Bertz CT molecular complexity index is 590. The number of aliphatic hydroxyl groups is 3. The number of anilines is 1. The molecule has 1 fully saturated rings. The van der Waals surface area contributed by atoms with Crippen LogP contribution >= 0.6 is 0 Å². The quantitative estimate of drug-likeness (QED) is 0.431. The Kier molecular flexibility index (Phi) is 5.08. The Hall–Kier alpha value is -2.01. The molecule has 4 N–H and O–H groups in total. The van der Waals surface area contributed by atoms with E-state index in [1.54, 1.807) is 0 Å². The summed E-state index contributed by atoms with van der Waals surface area (Å²) in [4.78, 5) is 26.6. The molecule has 0 amide bonds. The van der Waals surface area contributed by atoms with E-state index in [1.165, 1.54) is 19.4 Å². The minimum Gasteiger partial charge on any atom is -0.468 e. The zero-order chi connectivity index (χ0) is 16.3. The molecule has 0 radical (unpaired) electrons. The molecule has 0 bridgehead atoms. The molecule has 10 heteroatoms. The second-order valence-electron chi connectivity index (χ2n) is 4.66. The van der Waals surface area contributed by atoms with Crippen LogP contribution in [0.4, 0.5) is 5.82 Å². The summed E-state index contributed by atoms with van der Waals surface area (Å²) in [6.07, 6.45) is -3.51. The Morgan fingerprint density at radius 2 is 2.23 bits per heavy atom. The number of carbonyl (C=O) groups excluding carboxylic acids is 1. The molecule has 1 aliphatic heterocycles. The van der Waals surface area contributed by atoms with Crippen molar-refractivity contribution in [2.75, 3.05) is 25.6 Å². The van der Waals surface area contributed by atoms with Crippen molar-refractivity contribution < 1.29 is 29.6 Å². The number of methoxy groups -OCH3 is 1. The summed E-state index contributed by atoms with van der Waals surface area (Å²) in [6, 6.07) is 1.40. The summed E-state index contributed by atoms with van der Waals surface area (Å²) in [6.45, 7) is -0.642. The van der Waals surface area contributed by atoms with Gasteiger partial charge in [0.15, 0.2) is 6.23 Å². The highest BCUT2D eigenvalue weighted by molar-refractivity contribution is 5.74. The van der Waals surface area contributed by atoms with Gasteiger partial charge in [0, 0.05) is 6.20 Å². The van der Waals surface area contributed by atoms with E-state index in [9.17, 15) is 19.8 Å². The van der Waals surface area contributed by atoms with Gasteiger partial charge in [0.2, 0.25) is 0 Å². The zero-order valence-electron chi connectivity index (χ0n) is 11.7. The number of hydrogen-bond acceptors (Lipinski definition) is 9. The lowest BCUT2D eigenvalue weighted by Gasteiger charge is -2.17. The van der Waals surface area contributed by atoms with Crippen molar-refractivity contribution in [2.45, 2.75) is 24.5 Å². The normalized spacial score (nSPS) is 27.6. The number of nitrogens with one attached hydrogen (secondary N) is 1. The first-order chi connectivity index (χ1) is 10.5. The number of aliphatic hydroxyl groups excluding tert-OH is 3. The van der Waals surface area contributed by atoms with Gasteiger partial charge in [-0.2, -0.15) is 4.98 Å². The molecule has 4 atom stereocenters. The Morgan fingerprint density at radius 1 is 1.50 bits per heavy atom. The van der Waals surface area contributed by atoms with Gasteiger partial charge in [-0.15, -0.1) is 0 Å². The van der Waals surface area contributed by atoms with Crippen molar-refractivity contribution in [1.29, 1.82) is 0 Å². The van der Waals surface area contributed by atoms with Gasteiger partial charge in [-0.3, -0.25) is 9.36 Å². The fourth-order valence-corrected chi connectivity index (χ4v) is 2.05. The van der Waals surface area contributed by atoms with Crippen molar-refractivity contribution >= 4 is 11.8 Å². The first-order valence-corrected chi connectivity index (χ1v) is 6.50. The number of nitrogens with zero attached hydrogens (tertiary/aromatic N) is 2. The van der Waals surface area contributed by atoms with Gasteiger partial charge in [0.05, 0.1) is 13.7 Å². The lowest BCUT2D eigenvalue weighted by atomic mass is 10.1. The molecule has 1 aromatic heterocycles. The van der Waals surface area contributed by atoms with Gasteiger partial charge < -0.3 is 30.1 Å². The standard InChI is InChI=1S/C12H17N3O7/c1-21-8(17)4-13-7-2-3-15(12(20)14-7)11-10(19)9(18)6(5-16)22-11/h2-3,6,9-11,16,18-19H,4-5H2,1H3,(H,13,14,20)/t6-,9+,10+,11-/m0/s1. The first-order valence-electron chi connectivity index (χ1n) is 6.50. The Labute approximate surface area is 124 Å². The molecule has 1 aromatic rings. The molecule has 0 unspecified atom stereocenters. The highest BCUT2D eigenvalue weighted by Crippen LogP contribution is 2.28. The van der Waals surface area contributed by atoms with Crippen LogP contribution in [0.5, 0.6) is 0 Å². The predicted molar refractivity (Wildman–Crippen MR) is 72.0 cm³/mol. The van der Waals surface area contributed by atoms with Crippen molar-refractivity contribution in [3.05, 3.63) is 22.7 Å². The lowest BCUT2D eigenvalue weighted by molar-refractivity contribution is -0.138. The molecule has 122 valence electrons. The lowest BCUT2D eigenvalue weighted by Crippen LogP contribution is -2.36. The SMILES string of the molecule is COC(=O)CNc1ccn([C@H]2O[C@@H](CO)[C@@H](O)[C@H]2O)c(=O)n1. The van der Waals surface area contributed by atoms with Crippen LogP contribution in [-0.2, 0) is 14.3 Å². The third-order valence-electron chi connectivity index (χ3n) is 3.26. The van der Waals surface area contributed by atoms with Gasteiger partial charge in [-0.05, 0) is 6.07 Å². The van der Waals surface area contributed by atoms with Crippen LogP contribution in [-0.4, -0.2) is 69.4 Å². The van der Waals surface area contributed by atoms with E-state index in [0.717, 1.165) is 4.57 Å². The second kappa shape index (κ2) is 6.83. The van der Waals surface area contributed by atoms with E-state index in [4.69, 9.17) is 9.84 Å². The Balaban J connectivity index is 2.13. The van der Waals surface area contributed by atoms with Crippen LogP contribution in [0.1, 0.15) is 6.23 Å². The molecule has 1 saturated heterocycles. The summed E-state index contributed by atoms with van der Waals surface area (Å²) in [7, 11) is 1.23. The number of hydrogen-bond donors (Lipinski definition) is 4. The van der Waals surface area contributed by atoms with Gasteiger partial charge >= 0.3 is 11.7 Å².